The van der Waals surface area contributed by atoms with Gasteiger partial charge in [0.05, 0.1) is 0 Å². The topological polar surface area (TPSA) is 168 Å². The molecule has 0 aliphatic heterocycles. The Labute approximate surface area is 117 Å². The van der Waals surface area contributed by atoms with Crippen LogP contribution in [-0.4, -0.2) is 56.9 Å². The molecular weight excluding hydrogens is 255 g/mol. The number of esters is 2. The van der Waals surface area contributed by atoms with Crippen molar-refractivity contribution in [2.45, 2.75) is 12.2 Å². The molecule has 2 unspecified atom stereocenters. The fourth-order valence-electron chi connectivity index (χ4n) is 0.551. The fraction of sp³-hybridized carbons (Fsp3) is 0.333. The first-order valence-corrected chi connectivity index (χ1v) is 3.51. The van der Waals surface area contributed by atoms with Crippen LogP contribution in [-0.2, 0) is 19.1 Å². The van der Waals surface area contributed by atoms with Gasteiger partial charge in [-0.2, -0.15) is 0 Å². The third kappa shape index (κ3) is 6.86. The zero-order valence-electron chi connectivity index (χ0n) is 9.39. The second kappa shape index (κ2) is 7.97. The third-order valence-corrected chi connectivity index (χ3v) is 1.16. The van der Waals surface area contributed by atoms with Crippen LogP contribution in [0.1, 0.15) is 1.43 Å². The van der Waals surface area contributed by atoms with Crippen LogP contribution in [0.3, 0.4) is 0 Å². The molecule has 0 rings (SSSR count). The monoisotopic (exact) mass is 262 g/mol. The summed E-state index contributed by atoms with van der Waals surface area (Å²) in [7, 11) is 0. The van der Waals surface area contributed by atoms with Crippen LogP contribution in [0.15, 0.2) is 0 Å². The van der Waals surface area contributed by atoms with Gasteiger partial charge in [0.1, 0.15) is 0 Å². The first kappa shape index (κ1) is 18.2. The van der Waals surface area contributed by atoms with Gasteiger partial charge in [-0.1, -0.05) is 0 Å². The molecule has 0 spiro atoms. The van der Waals surface area contributed by atoms with Gasteiger partial charge in [0, 0.05) is 0 Å². The maximum absolute atomic E-state index is 10.6. The summed E-state index contributed by atoms with van der Waals surface area (Å²) in [6.07, 6.45) is -9.27. The Morgan fingerprint density at radius 3 is 1.24 bits per heavy atom. The molecule has 2 atom stereocenters. The van der Waals surface area contributed by atoms with E-state index < -0.39 is 36.5 Å². The number of aliphatic hydroxyl groups is 2. The number of rotatable bonds is 3. The molecule has 0 aromatic rings. The summed E-state index contributed by atoms with van der Waals surface area (Å²) < 4.78 is 6.80. The van der Waals surface area contributed by atoms with E-state index in [0.29, 0.717) is 0 Å². The zero-order chi connectivity index (χ0) is 12.9. The van der Waals surface area contributed by atoms with E-state index >= 15 is 0 Å². The Kier molecular flexibility index (Phi) is 8.52. The van der Waals surface area contributed by atoms with E-state index in [4.69, 9.17) is 20.4 Å². The minimum Gasteiger partial charge on any atom is -1.00 e. The van der Waals surface area contributed by atoms with Crippen LogP contribution >= 0.6 is 0 Å². The van der Waals surface area contributed by atoms with Gasteiger partial charge in [0.15, 0.2) is 12.2 Å². The summed E-state index contributed by atoms with van der Waals surface area (Å²) in [4.78, 5) is 40.9. The Hall–Kier alpha value is -1.20. The molecule has 10 nitrogen and oxygen atoms in total. The molecule has 0 amide bonds. The molecule has 17 heavy (non-hydrogen) atoms. The molecule has 0 saturated heterocycles. The van der Waals surface area contributed by atoms with E-state index in [1.807, 2.05) is 0 Å². The van der Waals surface area contributed by atoms with Crippen molar-refractivity contribution in [1.29, 1.82) is 0 Å². The van der Waals surface area contributed by atoms with E-state index in [1.165, 1.54) is 0 Å². The molecule has 0 aliphatic carbocycles. The van der Waals surface area contributed by atoms with E-state index in [9.17, 15) is 19.2 Å². The Bertz CT molecular complexity index is 298. The van der Waals surface area contributed by atoms with Crippen molar-refractivity contribution in [1.82, 2.24) is 0 Å². The maximum Gasteiger partial charge on any atom is 1.00 e. The first-order chi connectivity index (χ1) is 7.25. The van der Waals surface area contributed by atoms with E-state index in [1.54, 1.807) is 0 Å². The minimum atomic E-state index is -2.57. The van der Waals surface area contributed by atoms with E-state index in [2.05, 4.69) is 9.47 Å². The molecule has 0 bridgehead atoms. The summed E-state index contributed by atoms with van der Waals surface area (Å²) in [6.45, 7) is 0. The number of ether oxygens (including phenoxy) is 2. The number of carbonyl (C=O) groups excluding carboxylic acids is 2. The molecule has 0 saturated carbocycles. The minimum absolute atomic E-state index is 0. The van der Waals surface area contributed by atoms with Crippen molar-refractivity contribution in [3.63, 3.8) is 0 Å². The Balaban J connectivity index is -0.00000112. The van der Waals surface area contributed by atoms with Gasteiger partial charge >= 0.3 is 53.8 Å². The average molecular weight is 262 g/mol. The van der Waals surface area contributed by atoms with Crippen molar-refractivity contribution in [2.75, 3.05) is 0 Å². The molecule has 0 aliphatic rings. The predicted octanol–water partition coefficient (Wildman–Crippen LogP) is -4.73. The molecule has 0 fully saturated rings. The van der Waals surface area contributed by atoms with Crippen molar-refractivity contribution in [3.8, 4) is 0 Å². The molecule has 4 N–H and O–H groups in total. The van der Waals surface area contributed by atoms with Gasteiger partial charge in [0.25, 0.3) is 0 Å². The van der Waals surface area contributed by atoms with Crippen molar-refractivity contribution in [2.24, 2.45) is 0 Å². The number of hydrogen-bond acceptors (Lipinski definition) is 8. The summed E-state index contributed by atoms with van der Waals surface area (Å²) in [5.41, 5.74) is 0. The second-order valence-electron chi connectivity index (χ2n) is 2.26. The van der Waals surface area contributed by atoms with Crippen LogP contribution < -0.4 is 29.6 Å². The SMILES string of the molecule is O=C(O)OC(=O)C(O)C(O)C(=O)OC(=O)O.[H-].[Na+]. The summed E-state index contributed by atoms with van der Waals surface area (Å²) in [6, 6.07) is 0. The Morgan fingerprint density at radius 2 is 1.06 bits per heavy atom. The van der Waals surface area contributed by atoms with Gasteiger partial charge in [-0.3, -0.25) is 0 Å². The quantitative estimate of drug-likeness (QED) is 0.220. The van der Waals surface area contributed by atoms with Gasteiger partial charge in [-0.25, -0.2) is 19.2 Å². The molecule has 0 heterocycles. The molecule has 0 aromatic carbocycles. The predicted molar refractivity (Wildman–Crippen MR) is 41.4 cm³/mol. The van der Waals surface area contributed by atoms with Crippen LogP contribution in [0.4, 0.5) is 9.59 Å². The normalized spacial score (nSPS) is 12.6. The summed E-state index contributed by atoms with van der Waals surface area (Å²) >= 11 is 0. The fourth-order valence-corrected chi connectivity index (χ4v) is 0.551. The van der Waals surface area contributed by atoms with Crippen molar-refractivity contribution in [3.05, 3.63) is 0 Å². The van der Waals surface area contributed by atoms with Gasteiger partial charge in [-0.05, 0) is 0 Å². The van der Waals surface area contributed by atoms with Crippen LogP contribution in [0, 0.1) is 0 Å². The molecule has 0 aromatic heterocycles. The number of hydrogen-bond donors (Lipinski definition) is 4. The van der Waals surface area contributed by atoms with Crippen LogP contribution in [0.25, 0.3) is 0 Å². The zero-order valence-corrected chi connectivity index (χ0v) is 10.4. The largest absolute Gasteiger partial charge is 1.00 e. The average Bonchev–Trinajstić information content (AvgIpc) is 2.13. The van der Waals surface area contributed by atoms with Crippen LogP contribution in [0.5, 0.6) is 0 Å². The molecule has 11 heteroatoms. The second-order valence-corrected chi connectivity index (χ2v) is 2.26. The summed E-state index contributed by atoms with van der Waals surface area (Å²) in [5.74, 6) is -3.69. The summed E-state index contributed by atoms with van der Waals surface area (Å²) in [5, 5.41) is 33.6. The number of carboxylic acid groups (broad SMARTS) is 2. The van der Waals surface area contributed by atoms with Crippen molar-refractivity contribution < 1.29 is 80.1 Å². The van der Waals surface area contributed by atoms with E-state index in [0.717, 1.165) is 0 Å². The van der Waals surface area contributed by atoms with Gasteiger partial charge < -0.3 is 31.3 Å². The Morgan fingerprint density at radius 1 is 0.824 bits per heavy atom. The van der Waals surface area contributed by atoms with Crippen LogP contribution in [0.2, 0.25) is 0 Å². The molecule has 92 valence electrons. The maximum atomic E-state index is 10.6. The number of carbonyl (C=O) groups is 4. The molecule has 0 radical (unpaired) electrons. The van der Waals surface area contributed by atoms with Gasteiger partial charge in [-0.15, -0.1) is 0 Å². The standard InChI is InChI=1S/C6H6O10.Na.H/c7-1(3(9)15-5(11)12)2(8)4(10)16-6(13)14;;/h1-2,7-8H,(H,11,12)(H,13,14);;/q;+1;-1. The third-order valence-electron chi connectivity index (χ3n) is 1.16. The van der Waals surface area contributed by atoms with E-state index in [-0.39, 0.29) is 31.0 Å². The first-order valence-electron chi connectivity index (χ1n) is 3.51. The molecular formula is C6H7NaO10. The van der Waals surface area contributed by atoms with Gasteiger partial charge in [0.2, 0.25) is 0 Å². The number of aliphatic hydroxyl groups excluding tert-OH is 2. The van der Waals surface area contributed by atoms with Crippen molar-refractivity contribution >= 4 is 24.2 Å². The smallest absolute Gasteiger partial charge is 1.00 e.